The molecule has 0 radical (unpaired) electrons. The number of nitrogens with one attached hydrogen (secondary N) is 1. The number of rotatable bonds is 2. The van der Waals surface area contributed by atoms with E-state index >= 15 is 0 Å². The van der Waals surface area contributed by atoms with Gasteiger partial charge in [0.15, 0.2) is 0 Å². The van der Waals surface area contributed by atoms with Crippen LogP contribution in [0.1, 0.15) is 34.3 Å². The Balaban J connectivity index is 1.92. The molecule has 0 aliphatic carbocycles. The SMILES string of the molecule is NCc1ccc2c(c1N)CN(C1CCC(=O)NC1=O)C2=O. The van der Waals surface area contributed by atoms with Gasteiger partial charge < -0.3 is 16.4 Å². The molecule has 1 aromatic carbocycles. The molecular formula is C14H16N4O3. The molecule has 3 rings (SSSR count). The van der Waals surface area contributed by atoms with Crippen LogP contribution in [0.2, 0.25) is 0 Å². The van der Waals surface area contributed by atoms with Gasteiger partial charge in [-0.05, 0) is 18.1 Å². The van der Waals surface area contributed by atoms with Crippen molar-refractivity contribution < 1.29 is 14.4 Å². The second kappa shape index (κ2) is 4.85. The smallest absolute Gasteiger partial charge is 0.255 e. The Morgan fingerprint density at radius 3 is 2.71 bits per heavy atom. The highest BCUT2D eigenvalue weighted by Crippen LogP contribution is 2.32. The fourth-order valence-corrected chi connectivity index (χ4v) is 2.89. The van der Waals surface area contributed by atoms with E-state index in [1.54, 1.807) is 12.1 Å². The number of piperidine rings is 1. The monoisotopic (exact) mass is 288 g/mol. The van der Waals surface area contributed by atoms with E-state index in [2.05, 4.69) is 5.32 Å². The Labute approximate surface area is 121 Å². The number of nitrogens with zero attached hydrogens (tertiary/aromatic N) is 1. The number of nitrogen functional groups attached to an aromatic ring is 1. The second-order valence-electron chi connectivity index (χ2n) is 5.27. The number of fused-ring (bicyclic) bond motifs is 1. The molecule has 1 unspecified atom stereocenters. The summed E-state index contributed by atoms with van der Waals surface area (Å²) in [6.45, 7) is 0.575. The molecule has 1 atom stereocenters. The minimum atomic E-state index is -0.622. The molecule has 5 N–H and O–H groups in total. The van der Waals surface area contributed by atoms with Gasteiger partial charge in [-0.1, -0.05) is 6.07 Å². The van der Waals surface area contributed by atoms with Crippen LogP contribution in [0.25, 0.3) is 0 Å². The molecule has 1 fully saturated rings. The fourth-order valence-electron chi connectivity index (χ4n) is 2.89. The van der Waals surface area contributed by atoms with Crippen LogP contribution in [0.4, 0.5) is 5.69 Å². The van der Waals surface area contributed by atoms with E-state index in [4.69, 9.17) is 11.5 Å². The molecule has 0 spiro atoms. The van der Waals surface area contributed by atoms with Gasteiger partial charge in [-0.2, -0.15) is 0 Å². The standard InChI is InChI=1S/C14H16N4O3/c15-5-7-1-2-8-9(12(7)16)6-18(14(8)21)10-3-4-11(19)17-13(10)20/h1-2,10H,3-6,15-16H2,(H,17,19,20). The lowest BCUT2D eigenvalue weighted by Crippen LogP contribution is -2.52. The number of amides is 3. The quantitative estimate of drug-likeness (QED) is 0.500. The summed E-state index contributed by atoms with van der Waals surface area (Å²) in [6, 6.07) is 2.81. The third kappa shape index (κ3) is 2.06. The third-order valence-corrected chi connectivity index (χ3v) is 4.07. The van der Waals surface area contributed by atoms with E-state index in [1.165, 1.54) is 4.90 Å². The van der Waals surface area contributed by atoms with Gasteiger partial charge in [0, 0.05) is 36.3 Å². The average Bonchev–Trinajstić information content (AvgIpc) is 2.78. The molecule has 0 aromatic heterocycles. The number of nitrogens with two attached hydrogens (primary N) is 2. The summed E-state index contributed by atoms with van der Waals surface area (Å²) >= 11 is 0. The van der Waals surface area contributed by atoms with Gasteiger partial charge in [-0.25, -0.2) is 0 Å². The van der Waals surface area contributed by atoms with Crippen molar-refractivity contribution >= 4 is 23.4 Å². The Morgan fingerprint density at radius 2 is 2.05 bits per heavy atom. The highest BCUT2D eigenvalue weighted by atomic mass is 16.2. The molecule has 0 saturated carbocycles. The van der Waals surface area contributed by atoms with Crippen LogP contribution in [0.5, 0.6) is 0 Å². The van der Waals surface area contributed by atoms with E-state index in [0.29, 0.717) is 29.8 Å². The van der Waals surface area contributed by atoms with Crippen molar-refractivity contribution in [1.82, 2.24) is 10.2 Å². The van der Waals surface area contributed by atoms with Gasteiger partial charge in [-0.15, -0.1) is 0 Å². The van der Waals surface area contributed by atoms with Crippen LogP contribution in [-0.4, -0.2) is 28.7 Å². The molecule has 7 nitrogen and oxygen atoms in total. The first-order valence-electron chi connectivity index (χ1n) is 6.78. The fraction of sp³-hybridized carbons (Fsp3) is 0.357. The van der Waals surface area contributed by atoms with Gasteiger partial charge in [0.05, 0.1) is 0 Å². The van der Waals surface area contributed by atoms with Crippen molar-refractivity contribution in [2.24, 2.45) is 5.73 Å². The van der Waals surface area contributed by atoms with Crippen molar-refractivity contribution in [3.63, 3.8) is 0 Å². The summed E-state index contributed by atoms with van der Waals surface area (Å²) < 4.78 is 0. The van der Waals surface area contributed by atoms with Crippen LogP contribution < -0.4 is 16.8 Å². The Morgan fingerprint density at radius 1 is 1.29 bits per heavy atom. The van der Waals surface area contributed by atoms with E-state index in [9.17, 15) is 14.4 Å². The molecule has 2 aliphatic rings. The van der Waals surface area contributed by atoms with E-state index in [-0.39, 0.29) is 24.8 Å². The Bertz CT molecular complexity index is 656. The summed E-state index contributed by atoms with van der Waals surface area (Å²) in [5.74, 6) is -0.954. The number of carbonyl (C=O) groups is 3. The van der Waals surface area contributed by atoms with Gasteiger partial charge in [0.1, 0.15) is 6.04 Å². The number of imide groups is 1. The number of benzene rings is 1. The molecule has 0 bridgehead atoms. The van der Waals surface area contributed by atoms with Crippen molar-refractivity contribution in [3.8, 4) is 0 Å². The highest BCUT2D eigenvalue weighted by molar-refractivity contribution is 6.06. The Kier molecular flexibility index (Phi) is 3.13. The lowest BCUT2D eigenvalue weighted by Gasteiger charge is -2.29. The van der Waals surface area contributed by atoms with E-state index in [1.807, 2.05) is 0 Å². The predicted molar refractivity (Wildman–Crippen MR) is 74.8 cm³/mol. The first kappa shape index (κ1) is 13.6. The van der Waals surface area contributed by atoms with Crippen LogP contribution >= 0.6 is 0 Å². The highest BCUT2D eigenvalue weighted by Gasteiger charge is 2.39. The van der Waals surface area contributed by atoms with Crippen LogP contribution in [0.3, 0.4) is 0 Å². The summed E-state index contributed by atoms with van der Waals surface area (Å²) in [5, 5.41) is 2.27. The molecule has 1 saturated heterocycles. The zero-order valence-corrected chi connectivity index (χ0v) is 11.4. The molecule has 7 heteroatoms. The van der Waals surface area contributed by atoms with Crippen molar-refractivity contribution in [3.05, 3.63) is 28.8 Å². The van der Waals surface area contributed by atoms with E-state index in [0.717, 1.165) is 5.56 Å². The van der Waals surface area contributed by atoms with Crippen molar-refractivity contribution in [1.29, 1.82) is 0 Å². The minimum Gasteiger partial charge on any atom is -0.398 e. The Hall–Kier alpha value is -2.41. The predicted octanol–water partition coefficient (Wildman–Crippen LogP) is -0.511. The average molecular weight is 288 g/mol. The molecule has 3 amide bonds. The maximum atomic E-state index is 12.4. The molecule has 2 heterocycles. The van der Waals surface area contributed by atoms with Crippen LogP contribution in [-0.2, 0) is 22.7 Å². The topological polar surface area (TPSA) is 119 Å². The van der Waals surface area contributed by atoms with E-state index < -0.39 is 11.9 Å². The molecule has 21 heavy (non-hydrogen) atoms. The zero-order valence-electron chi connectivity index (χ0n) is 11.4. The maximum absolute atomic E-state index is 12.4. The number of hydrogen-bond donors (Lipinski definition) is 3. The number of anilines is 1. The maximum Gasteiger partial charge on any atom is 0.255 e. The summed E-state index contributed by atoms with van der Waals surface area (Å²) in [4.78, 5) is 37.0. The lowest BCUT2D eigenvalue weighted by molar-refractivity contribution is -0.136. The van der Waals surface area contributed by atoms with Gasteiger partial charge in [-0.3, -0.25) is 19.7 Å². The zero-order chi connectivity index (χ0) is 15.1. The summed E-state index contributed by atoms with van der Waals surface area (Å²) in [5.41, 5.74) is 14.2. The minimum absolute atomic E-state index is 0.227. The van der Waals surface area contributed by atoms with Gasteiger partial charge in [0.25, 0.3) is 5.91 Å². The lowest BCUT2D eigenvalue weighted by atomic mass is 10.0. The van der Waals surface area contributed by atoms with Gasteiger partial charge >= 0.3 is 0 Å². The molecule has 2 aliphatic heterocycles. The summed E-state index contributed by atoms with van der Waals surface area (Å²) in [6.07, 6.45) is 0.577. The summed E-state index contributed by atoms with van der Waals surface area (Å²) in [7, 11) is 0. The van der Waals surface area contributed by atoms with Crippen LogP contribution in [0, 0.1) is 0 Å². The third-order valence-electron chi connectivity index (χ3n) is 4.07. The molecule has 1 aromatic rings. The largest absolute Gasteiger partial charge is 0.398 e. The molecule has 110 valence electrons. The first-order valence-corrected chi connectivity index (χ1v) is 6.78. The second-order valence-corrected chi connectivity index (χ2v) is 5.27. The van der Waals surface area contributed by atoms with Crippen molar-refractivity contribution in [2.75, 3.05) is 5.73 Å². The molecular weight excluding hydrogens is 272 g/mol. The number of hydrogen-bond acceptors (Lipinski definition) is 5. The van der Waals surface area contributed by atoms with Crippen molar-refractivity contribution in [2.45, 2.75) is 32.0 Å². The normalized spacial score (nSPS) is 21.5. The first-order chi connectivity index (χ1) is 10.0. The van der Waals surface area contributed by atoms with Gasteiger partial charge in [0.2, 0.25) is 11.8 Å². The van der Waals surface area contributed by atoms with Crippen LogP contribution in [0.15, 0.2) is 12.1 Å². The number of carbonyl (C=O) groups excluding carboxylic acids is 3.